The standard InChI is InChI=1S/C15H18N4O3S/c1-2-3-8-16-15(20)14-12-9-18-23(21,22)13-7-5-4-6-11(13)19(12)10-17-14/h4-7,10,18H,2-3,8-9H2,1H3,(H,16,20). The van der Waals surface area contributed by atoms with Gasteiger partial charge in [0.2, 0.25) is 10.0 Å². The van der Waals surface area contributed by atoms with Crippen molar-refractivity contribution in [1.82, 2.24) is 19.6 Å². The van der Waals surface area contributed by atoms with Crippen LogP contribution in [0.25, 0.3) is 5.69 Å². The highest BCUT2D eigenvalue weighted by Gasteiger charge is 2.28. The molecule has 0 fully saturated rings. The molecular weight excluding hydrogens is 316 g/mol. The second kappa shape index (κ2) is 6.13. The number of nitrogens with zero attached hydrogens (tertiary/aromatic N) is 2. The number of fused-ring (bicyclic) bond motifs is 3. The van der Waals surface area contributed by atoms with Gasteiger partial charge in [0.05, 0.1) is 17.9 Å². The van der Waals surface area contributed by atoms with Crippen LogP contribution >= 0.6 is 0 Å². The van der Waals surface area contributed by atoms with Gasteiger partial charge in [0.1, 0.15) is 11.2 Å². The Labute approximate surface area is 134 Å². The first-order valence-electron chi connectivity index (χ1n) is 7.48. The van der Waals surface area contributed by atoms with E-state index in [1.807, 2.05) is 6.92 Å². The van der Waals surface area contributed by atoms with Crippen LogP contribution in [0.4, 0.5) is 0 Å². The van der Waals surface area contributed by atoms with Gasteiger partial charge >= 0.3 is 0 Å². The third-order valence-corrected chi connectivity index (χ3v) is 5.19. The maximum absolute atomic E-state index is 12.3. The fraction of sp³-hybridized carbons (Fsp3) is 0.333. The van der Waals surface area contributed by atoms with E-state index in [-0.39, 0.29) is 23.0 Å². The Kier molecular flexibility index (Phi) is 4.18. The van der Waals surface area contributed by atoms with Crippen LogP contribution in [0.2, 0.25) is 0 Å². The number of imidazole rings is 1. The highest BCUT2D eigenvalue weighted by atomic mass is 32.2. The van der Waals surface area contributed by atoms with Crippen LogP contribution in [-0.4, -0.2) is 30.4 Å². The minimum Gasteiger partial charge on any atom is -0.351 e. The summed E-state index contributed by atoms with van der Waals surface area (Å²) in [5.74, 6) is -0.286. The molecule has 122 valence electrons. The van der Waals surface area contributed by atoms with Gasteiger partial charge in [-0.3, -0.25) is 9.36 Å². The van der Waals surface area contributed by atoms with Crippen molar-refractivity contribution in [3.8, 4) is 5.69 Å². The Morgan fingerprint density at radius 1 is 1.39 bits per heavy atom. The lowest BCUT2D eigenvalue weighted by atomic mass is 10.2. The summed E-state index contributed by atoms with van der Waals surface area (Å²) in [5, 5.41) is 2.81. The summed E-state index contributed by atoms with van der Waals surface area (Å²) in [6.45, 7) is 2.64. The molecule has 1 aliphatic heterocycles. The van der Waals surface area contributed by atoms with E-state index in [4.69, 9.17) is 0 Å². The molecule has 1 amide bonds. The molecule has 0 spiro atoms. The maximum atomic E-state index is 12.3. The quantitative estimate of drug-likeness (QED) is 0.822. The molecule has 1 aliphatic rings. The molecule has 1 aromatic heterocycles. The van der Waals surface area contributed by atoms with E-state index in [0.717, 1.165) is 12.8 Å². The third-order valence-electron chi connectivity index (χ3n) is 3.74. The van der Waals surface area contributed by atoms with Crippen molar-refractivity contribution in [3.63, 3.8) is 0 Å². The van der Waals surface area contributed by atoms with Crippen LogP contribution in [-0.2, 0) is 16.6 Å². The van der Waals surface area contributed by atoms with Gasteiger partial charge in [-0.25, -0.2) is 18.1 Å². The molecule has 3 rings (SSSR count). The molecule has 0 saturated heterocycles. The zero-order valence-electron chi connectivity index (χ0n) is 12.7. The molecule has 2 N–H and O–H groups in total. The predicted octanol–water partition coefficient (Wildman–Crippen LogP) is 1.19. The molecule has 7 nitrogen and oxygen atoms in total. The van der Waals surface area contributed by atoms with E-state index < -0.39 is 10.0 Å². The monoisotopic (exact) mass is 334 g/mol. The number of rotatable bonds is 4. The lowest BCUT2D eigenvalue weighted by molar-refractivity contribution is 0.0947. The van der Waals surface area contributed by atoms with Crippen molar-refractivity contribution in [2.24, 2.45) is 0 Å². The van der Waals surface area contributed by atoms with Gasteiger partial charge in [0.25, 0.3) is 5.91 Å². The highest BCUT2D eigenvalue weighted by Crippen LogP contribution is 2.26. The number of amides is 1. The lowest BCUT2D eigenvalue weighted by Crippen LogP contribution is -2.27. The first-order chi connectivity index (χ1) is 11.0. The van der Waals surface area contributed by atoms with Crippen LogP contribution in [0.1, 0.15) is 35.9 Å². The van der Waals surface area contributed by atoms with Crippen LogP contribution in [0.3, 0.4) is 0 Å². The summed E-state index contributed by atoms with van der Waals surface area (Å²) in [6, 6.07) is 6.65. The van der Waals surface area contributed by atoms with E-state index in [0.29, 0.717) is 17.9 Å². The number of unbranched alkanes of at least 4 members (excludes halogenated alkanes) is 1. The van der Waals surface area contributed by atoms with Crippen LogP contribution in [0.15, 0.2) is 35.5 Å². The van der Waals surface area contributed by atoms with Crippen LogP contribution in [0, 0.1) is 0 Å². The number of para-hydroxylation sites is 1. The molecule has 0 radical (unpaired) electrons. The SMILES string of the molecule is CCCCNC(=O)c1ncn2c1CNS(=O)(=O)c1ccccc1-2. The molecule has 1 aromatic carbocycles. The number of carbonyl (C=O) groups is 1. The Morgan fingerprint density at radius 2 is 2.17 bits per heavy atom. The van der Waals surface area contributed by atoms with Gasteiger partial charge in [-0.1, -0.05) is 25.5 Å². The lowest BCUT2D eigenvalue weighted by Gasteiger charge is -2.07. The zero-order valence-corrected chi connectivity index (χ0v) is 13.6. The minimum atomic E-state index is -3.61. The van der Waals surface area contributed by atoms with E-state index in [9.17, 15) is 13.2 Å². The number of aromatic nitrogens is 2. The number of sulfonamides is 1. The molecule has 0 aliphatic carbocycles. The molecule has 0 unspecified atom stereocenters. The fourth-order valence-corrected chi connectivity index (χ4v) is 3.71. The van der Waals surface area contributed by atoms with Gasteiger partial charge in [-0.2, -0.15) is 0 Å². The number of hydrogen-bond donors (Lipinski definition) is 2. The third kappa shape index (κ3) is 2.87. The summed E-state index contributed by atoms with van der Waals surface area (Å²) in [5.41, 5.74) is 1.28. The fourth-order valence-electron chi connectivity index (χ4n) is 2.53. The van der Waals surface area contributed by atoms with Crippen LogP contribution < -0.4 is 10.0 Å². The van der Waals surface area contributed by atoms with E-state index in [1.54, 1.807) is 22.8 Å². The summed E-state index contributed by atoms with van der Waals surface area (Å²) in [6.07, 6.45) is 3.36. The minimum absolute atomic E-state index is 0.0214. The van der Waals surface area contributed by atoms with Gasteiger partial charge in [0, 0.05) is 6.54 Å². The largest absolute Gasteiger partial charge is 0.351 e. The van der Waals surface area contributed by atoms with Crippen molar-refractivity contribution in [2.75, 3.05) is 6.54 Å². The van der Waals surface area contributed by atoms with Gasteiger partial charge in [0.15, 0.2) is 5.69 Å². The zero-order chi connectivity index (χ0) is 16.4. The summed E-state index contributed by atoms with van der Waals surface area (Å²) in [4.78, 5) is 16.6. The number of carbonyl (C=O) groups excluding carboxylic acids is 1. The van der Waals surface area contributed by atoms with E-state index in [2.05, 4.69) is 15.0 Å². The Morgan fingerprint density at radius 3 is 2.96 bits per heavy atom. The Balaban J connectivity index is 2.02. The van der Waals surface area contributed by atoms with Crippen molar-refractivity contribution in [1.29, 1.82) is 0 Å². The topological polar surface area (TPSA) is 93.1 Å². The number of nitrogens with one attached hydrogen (secondary N) is 2. The summed E-state index contributed by atoms with van der Waals surface area (Å²) < 4.78 is 28.8. The molecule has 0 atom stereocenters. The molecule has 0 saturated carbocycles. The second-order valence-electron chi connectivity index (χ2n) is 5.31. The molecular formula is C15H18N4O3S. The molecule has 8 heteroatoms. The number of benzene rings is 1. The predicted molar refractivity (Wildman–Crippen MR) is 84.8 cm³/mol. The van der Waals surface area contributed by atoms with E-state index in [1.165, 1.54) is 12.4 Å². The van der Waals surface area contributed by atoms with Crippen molar-refractivity contribution in [2.45, 2.75) is 31.2 Å². The van der Waals surface area contributed by atoms with Crippen molar-refractivity contribution in [3.05, 3.63) is 42.0 Å². The van der Waals surface area contributed by atoms with Gasteiger partial charge < -0.3 is 5.32 Å². The Hall–Kier alpha value is -2.19. The molecule has 2 aromatic rings. The first-order valence-corrected chi connectivity index (χ1v) is 8.96. The maximum Gasteiger partial charge on any atom is 0.271 e. The van der Waals surface area contributed by atoms with Gasteiger partial charge in [-0.05, 0) is 18.6 Å². The number of hydrogen-bond acceptors (Lipinski definition) is 4. The summed E-state index contributed by atoms with van der Waals surface area (Å²) in [7, 11) is -3.61. The summed E-state index contributed by atoms with van der Waals surface area (Å²) >= 11 is 0. The van der Waals surface area contributed by atoms with Crippen molar-refractivity contribution >= 4 is 15.9 Å². The smallest absolute Gasteiger partial charge is 0.271 e. The average Bonchev–Trinajstić information content (AvgIpc) is 2.92. The average molecular weight is 334 g/mol. The first kappa shape index (κ1) is 15.7. The van der Waals surface area contributed by atoms with Crippen molar-refractivity contribution < 1.29 is 13.2 Å². The molecule has 0 bridgehead atoms. The Bertz CT molecular complexity index is 842. The molecule has 23 heavy (non-hydrogen) atoms. The normalized spacial score (nSPS) is 15.3. The highest BCUT2D eigenvalue weighted by molar-refractivity contribution is 7.89. The second-order valence-corrected chi connectivity index (χ2v) is 7.05. The van der Waals surface area contributed by atoms with E-state index >= 15 is 0 Å². The van der Waals surface area contributed by atoms with Crippen LogP contribution in [0.5, 0.6) is 0 Å². The van der Waals surface area contributed by atoms with Gasteiger partial charge in [-0.15, -0.1) is 0 Å². The molecule has 2 heterocycles.